The van der Waals surface area contributed by atoms with Gasteiger partial charge in [0.1, 0.15) is 6.17 Å². The number of hydrogen-bond acceptors (Lipinski definition) is 1. The van der Waals surface area contributed by atoms with Crippen molar-refractivity contribution in [2.75, 3.05) is 13.1 Å². The maximum absolute atomic E-state index is 6.35. The van der Waals surface area contributed by atoms with Crippen LogP contribution in [0.25, 0.3) is 0 Å². The summed E-state index contributed by atoms with van der Waals surface area (Å²) in [5.74, 6) is 2.61. The molecule has 0 aromatic carbocycles. The highest BCUT2D eigenvalue weighted by molar-refractivity contribution is 4.73. The van der Waals surface area contributed by atoms with E-state index in [4.69, 9.17) is 5.73 Å². The number of nitrogens with two attached hydrogens (primary N) is 1. The van der Waals surface area contributed by atoms with E-state index in [0.29, 0.717) is 6.17 Å². The van der Waals surface area contributed by atoms with Gasteiger partial charge in [-0.2, -0.15) is 0 Å². The third kappa shape index (κ3) is 2.78. The SMILES string of the molecule is CC1CCCCC1C[NH+]1CCCC(C)C1N. The van der Waals surface area contributed by atoms with Gasteiger partial charge in [-0.15, -0.1) is 0 Å². The Morgan fingerprint density at radius 3 is 2.44 bits per heavy atom. The van der Waals surface area contributed by atoms with Gasteiger partial charge >= 0.3 is 0 Å². The first kappa shape index (κ1) is 12.4. The van der Waals surface area contributed by atoms with Gasteiger partial charge < -0.3 is 4.90 Å². The molecule has 16 heavy (non-hydrogen) atoms. The van der Waals surface area contributed by atoms with Gasteiger partial charge in [0.25, 0.3) is 0 Å². The topological polar surface area (TPSA) is 30.5 Å². The number of quaternary nitrogens is 1. The Labute approximate surface area is 101 Å². The molecule has 0 aromatic rings. The van der Waals surface area contributed by atoms with E-state index in [0.717, 1.165) is 17.8 Å². The summed E-state index contributed by atoms with van der Waals surface area (Å²) < 4.78 is 0. The van der Waals surface area contributed by atoms with E-state index >= 15 is 0 Å². The summed E-state index contributed by atoms with van der Waals surface area (Å²) in [5.41, 5.74) is 6.35. The molecule has 2 heteroatoms. The molecule has 5 unspecified atom stereocenters. The summed E-state index contributed by atoms with van der Waals surface area (Å²) in [6.07, 6.45) is 8.93. The number of likely N-dealkylation sites (tertiary alicyclic amines) is 1. The molecule has 2 rings (SSSR count). The molecule has 5 atom stereocenters. The molecule has 94 valence electrons. The van der Waals surface area contributed by atoms with Crippen LogP contribution in [-0.2, 0) is 0 Å². The predicted molar refractivity (Wildman–Crippen MR) is 68.2 cm³/mol. The minimum absolute atomic E-state index is 0.405. The zero-order valence-corrected chi connectivity index (χ0v) is 11.0. The van der Waals surface area contributed by atoms with Crippen LogP contribution < -0.4 is 10.6 Å². The third-order valence-electron chi connectivity index (χ3n) is 5.06. The summed E-state index contributed by atoms with van der Waals surface area (Å²) >= 11 is 0. The maximum Gasteiger partial charge on any atom is 0.141 e. The summed E-state index contributed by atoms with van der Waals surface area (Å²) in [5, 5.41) is 0. The lowest BCUT2D eigenvalue weighted by atomic mass is 9.79. The molecule has 0 amide bonds. The average Bonchev–Trinajstić information content (AvgIpc) is 2.28. The summed E-state index contributed by atoms with van der Waals surface area (Å²) in [6.45, 7) is 7.43. The molecule has 1 heterocycles. The lowest BCUT2D eigenvalue weighted by Crippen LogP contribution is -3.19. The van der Waals surface area contributed by atoms with Gasteiger partial charge in [-0.3, -0.25) is 5.73 Å². The van der Waals surface area contributed by atoms with Crippen molar-refractivity contribution in [3.8, 4) is 0 Å². The molecular weight excluding hydrogens is 196 g/mol. The van der Waals surface area contributed by atoms with Crippen LogP contribution in [0.1, 0.15) is 52.4 Å². The van der Waals surface area contributed by atoms with E-state index in [-0.39, 0.29) is 0 Å². The van der Waals surface area contributed by atoms with E-state index in [1.165, 1.54) is 51.6 Å². The molecule has 1 aliphatic carbocycles. The van der Waals surface area contributed by atoms with Gasteiger partial charge in [0.05, 0.1) is 13.1 Å². The quantitative estimate of drug-likeness (QED) is 0.731. The largest absolute Gasteiger partial charge is 0.320 e. The van der Waals surface area contributed by atoms with Crippen molar-refractivity contribution < 1.29 is 4.90 Å². The van der Waals surface area contributed by atoms with Crippen LogP contribution in [0, 0.1) is 17.8 Å². The fraction of sp³-hybridized carbons (Fsp3) is 1.00. The van der Waals surface area contributed by atoms with Crippen LogP contribution in [0.5, 0.6) is 0 Å². The second-order valence-corrected chi connectivity index (χ2v) is 6.28. The summed E-state index contributed by atoms with van der Waals surface area (Å²) in [6, 6.07) is 0. The zero-order chi connectivity index (χ0) is 11.5. The van der Waals surface area contributed by atoms with E-state index < -0.39 is 0 Å². The van der Waals surface area contributed by atoms with Crippen LogP contribution in [-0.4, -0.2) is 19.3 Å². The van der Waals surface area contributed by atoms with Gasteiger partial charge in [-0.05, 0) is 25.2 Å². The molecule has 0 bridgehead atoms. The fourth-order valence-electron chi connectivity index (χ4n) is 3.67. The van der Waals surface area contributed by atoms with Crippen molar-refractivity contribution >= 4 is 0 Å². The van der Waals surface area contributed by atoms with E-state index in [1.807, 2.05) is 0 Å². The highest BCUT2D eigenvalue weighted by atomic mass is 15.2. The molecule has 1 saturated heterocycles. The molecule has 1 saturated carbocycles. The smallest absolute Gasteiger partial charge is 0.141 e. The number of piperidine rings is 1. The molecule has 0 spiro atoms. The molecule has 1 aliphatic heterocycles. The summed E-state index contributed by atoms with van der Waals surface area (Å²) in [7, 11) is 0. The average molecular weight is 225 g/mol. The lowest BCUT2D eigenvalue weighted by molar-refractivity contribution is -0.938. The molecule has 2 nitrogen and oxygen atoms in total. The molecule has 2 fully saturated rings. The number of hydrogen-bond donors (Lipinski definition) is 2. The van der Waals surface area contributed by atoms with E-state index in [9.17, 15) is 0 Å². The van der Waals surface area contributed by atoms with Crippen molar-refractivity contribution in [3.05, 3.63) is 0 Å². The fourth-order valence-corrected chi connectivity index (χ4v) is 3.67. The van der Waals surface area contributed by atoms with Crippen molar-refractivity contribution in [1.29, 1.82) is 0 Å². The van der Waals surface area contributed by atoms with Gasteiger partial charge in [0.15, 0.2) is 0 Å². The predicted octanol–water partition coefficient (Wildman–Crippen LogP) is 1.41. The third-order valence-corrected chi connectivity index (χ3v) is 5.06. The minimum Gasteiger partial charge on any atom is -0.320 e. The first-order valence-corrected chi connectivity index (χ1v) is 7.28. The van der Waals surface area contributed by atoms with Crippen LogP contribution in [0.15, 0.2) is 0 Å². The second-order valence-electron chi connectivity index (χ2n) is 6.28. The Morgan fingerprint density at radius 2 is 1.69 bits per heavy atom. The van der Waals surface area contributed by atoms with Crippen molar-refractivity contribution in [3.63, 3.8) is 0 Å². The number of nitrogens with one attached hydrogen (secondary N) is 1. The van der Waals surface area contributed by atoms with Crippen LogP contribution in [0.4, 0.5) is 0 Å². The van der Waals surface area contributed by atoms with Crippen LogP contribution in [0.2, 0.25) is 0 Å². The highest BCUT2D eigenvalue weighted by Crippen LogP contribution is 2.28. The molecule has 2 aliphatic rings. The van der Waals surface area contributed by atoms with E-state index in [2.05, 4.69) is 13.8 Å². The number of rotatable bonds is 2. The molecule has 0 radical (unpaired) electrons. The van der Waals surface area contributed by atoms with Crippen LogP contribution in [0.3, 0.4) is 0 Å². The van der Waals surface area contributed by atoms with Gasteiger partial charge in [-0.25, -0.2) is 0 Å². The van der Waals surface area contributed by atoms with Gasteiger partial charge in [-0.1, -0.05) is 33.1 Å². The molecular formula is C14H29N2+. The lowest BCUT2D eigenvalue weighted by Gasteiger charge is -2.38. The Balaban J connectivity index is 1.87. The zero-order valence-electron chi connectivity index (χ0n) is 11.0. The molecule has 3 N–H and O–H groups in total. The van der Waals surface area contributed by atoms with Crippen molar-refractivity contribution in [2.24, 2.45) is 23.5 Å². The van der Waals surface area contributed by atoms with E-state index in [1.54, 1.807) is 4.90 Å². The monoisotopic (exact) mass is 225 g/mol. The Bertz CT molecular complexity index is 217. The Morgan fingerprint density at radius 1 is 1.00 bits per heavy atom. The van der Waals surface area contributed by atoms with Crippen LogP contribution >= 0.6 is 0 Å². The van der Waals surface area contributed by atoms with Crippen molar-refractivity contribution in [1.82, 2.24) is 0 Å². The maximum atomic E-state index is 6.35. The highest BCUT2D eigenvalue weighted by Gasteiger charge is 2.32. The van der Waals surface area contributed by atoms with Gasteiger partial charge in [0, 0.05) is 11.8 Å². The van der Waals surface area contributed by atoms with Gasteiger partial charge in [0.2, 0.25) is 0 Å². The second kappa shape index (κ2) is 5.50. The minimum atomic E-state index is 0.405. The summed E-state index contributed by atoms with van der Waals surface area (Å²) in [4.78, 5) is 1.69. The molecule has 0 aromatic heterocycles. The first-order valence-electron chi connectivity index (χ1n) is 7.28. The Hall–Kier alpha value is -0.0800. The first-order chi connectivity index (χ1) is 7.68. The van der Waals surface area contributed by atoms with Crippen molar-refractivity contribution in [2.45, 2.75) is 58.5 Å². The Kier molecular flexibility index (Phi) is 4.26. The normalized spacial score (nSPS) is 45.6. The standard InChI is InChI=1S/C14H28N2/c1-11-6-3-4-8-13(11)10-16-9-5-7-12(2)14(16)15/h11-14H,3-10,15H2,1-2H3/p+1.